The minimum Gasteiger partial charge on any atom is -0.374 e. The van der Waals surface area contributed by atoms with Gasteiger partial charge in [0.15, 0.2) is 0 Å². The summed E-state index contributed by atoms with van der Waals surface area (Å²) >= 11 is 1.33. The molecule has 2 atom stereocenters. The fourth-order valence-electron chi connectivity index (χ4n) is 4.37. The smallest absolute Gasteiger partial charge is 0.245 e. The number of fused-ring (bicyclic) bond motifs is 1. The predicted molar refractivity (Wildman–Crippen MR) is 157 cm³/mol. The van der Waals surface area contributed by atoms with E-state index in [1.54, 1.807) is 49.0 Å². The number of thiazole rings is 1. The van der Waals surface area contributed by atoms with Crippen LogP contribution in [0.1, 0.15) is 32.3 Å². The summed E-state index contributed by atoms with van der Waals surface area (Å²) in [5.74, 6) is -1.06. The normalized spacial score (nSPS) is 14.0. The first-order chi connectivity index (χ1) is 19.5. The van der Waals surface area contributed by atoms with Gasteiger partial charge in [-0.05, 0) is 36.7 Å². The minimum atomic E-state index is -4.18. The van der Waals surface area contributed by atoms with Gasteiger partial charge in [0.2, 0.25) is 21.8 Å². The second kappa shape index (κ2) is 14.5. The molecule has 220 valence electrons. The molecule has 0 spiro atoms. The van der Waals surface area contributed by atoms with Crippen molar-refractivity contribution in [2.45, 2.75) is 49.8 Å². The quantitative estimate of drug-likeness (QED) is 0.192. The van der Waals surface area contributed by atoms with Gasteiger partial charge < -0.3 is 21.1 Å². The van der Waals surface area contributed by atoms with Crippen LogP contribution in [0.4, 0.5) is 0 Å². The lowest BCUT2D eigenvalue weighted by molar-refractivity contribution is -0.123. The maximum atomic E-state index is 14.1. The largest absolute Gasteiger partial charge is 0.374 e. The highest BCUT2D eigenvalue weighted by Gasteiger charge is 2.43. The highest BCUT2D eigenvalue weighted by Crippen LogP contribution is 2.32. The van der Waals surface area contributed by atoms with Gasteiger partial charge in [0, 0.05) is 25.9 Å². The Hall–Kier alpha value is -3.41. The zero-order chi connectivity index (χ0) is 30.0. The van der Waals surface area contributed by atoms with Crippen molar-refractivity contribution in [3.63, 3.8) is 0 Å². The van der Waals surface area contributed by atoms with E-state index >= 15 is 0 Å². The molecule has 41 heavy (non-hydrogen) atoms. The van der Waals surface area contributed by atoms with Crippen LogP contribution in [0, 0.1) is 17.2 Å². The fraction of sp³-hybridized carbons (Fsp3) is 0.429. The van der Waals surface area contributed by atoms with Crippen LogP contribution >= 0.6 is 11.3 Å². The van der Waals surface area contributed by atoms with Gasteiger partial charge in [-0.15, -0.1) is 11.3 Å². The number of rotatable bonds is 15. The number of benzene rings is 2. The van der Waals surface area contributed by atoms with Crippen LogP contribution in [0.15, 0.2) is 58.9 Å². The van der Waals surface area contributed by atoms with Crippen molar-refractivity contribution in [2.75, 3.05) is 26.7 Å². The van der Waals surface area contributed by atoms with E-state index in [4.69, 9.17) is 0 Å². The Kier molecular flexibility index (Phi) is 11.3. The molecule has 2 aromatic carbocycles. The lowest BCUT2D eigenvalue weighted by Gasteiger charge is -2.40. The number of sulfonamides is 1. The number of hydrogen-bond donors (Lipinski definition) is 4. The van der Waals surface area contributed by atoms with Crippen molar-refractivity contribution in [1.82, 2.24) is 25.2 Å². The number of aromatic nitrogens is 1. The van der Waals surface area contributed by atoms with E-state index < -0.39 is 33.6 Å². The van der Waals surface area contributed by atoms with E-state index in [1.165, 1.54) is 17.4 Å². The van der Waals surface area contributed by atoms with Gasteiger partial charge >= 0.3 is 0 Å². The average molecular weight is 601 g/mol. The van der Waals surface area contributed by atoms with Crippen LogP contribution in [-0.2, 0) is 26.0 Å². The predicted octanol–water partition coefficient (Wildman–Crippen LogP) is 2.00. The molecular weight excluding hydrogens is 564 g/mol. The van der Waals surface area contributed by atoms with E-state index in [9.17, 15) is 28.4 Å². The van der Waals surface area contributed by atoms with Gasteiger partial charge in [0.1, 0.15) is 11.8 Å². The number of hydrogen-bond acceptors (Lipinski definition) is 9. The molecule has 3 aromatic rings. The molecule has 0 aliphatic heterocycles. The summed E-state index contributed by atoms with van der Waals surface area (Å²) in [5.41, 5.74) is 1.16. The molecule has 2 unspecified atom stereocenters. The van der Waals surface area contributed by atoms with Crippen LogP contribution < -0.4 is 16.0 Å². The van der Waals surface area contributed by atoms with Crippen LogP contribution in [-0.4, -0.2) is 73.1 Å². The summed E-state index contributed by atoms with van der Waals surface area (Å²) in [5, 5.41) is 29.3. The second-order valence-corrected chi connectivity index (χ2v) is 12.9. The van der Waals surface area contributed by atoms with Crippen molar-refractivity contribution in [2.24, 2.45) is 5.92 Å². The molecular formula is C28H36N6O5S2. The van der Waals surface area contributed by atoms with Crippen LogP contribution in [0.2, 0.25) is 0 Å². The number of amides is 2. The van der Waals surface area contributed by atoms with E-state index in [0.717, 1.165) is 9.87 Å². The summed E-state index contributed by atoms with van der Waals surface area (Å²) < 4.78 is 30.0. The molecule has 0 saturated carbocycles. The molecule has 0 radical (unpaired) electrons. The first-order valence-electron chi connectivity index (χ1n) is 13.2. The molecule has 1 heterocycles. The third-order valence-corrected chi connectivity index (χ3v) is 8.99. The molecule has 1 aromatic heterocycles. The topological polar surface area (TPSA) is 165 Å². The lowest BCUT2D eigenvalue weighted by Crippen LogP contribution is -2.56. The molecule has 3 rings (SSSR count). The Bertz CT molecular complexity index is 1470. The number of nitrogens with zero attached hydrogens (tertiary/aromatic N) is 3. The minimum absolute atomic E-state index is 0.00239. The van der Waals surface area contributed by atoms with Crippen LogP contribution in [0.5, 0.6) is 0 Å². The lowest BCUT2D eigenvalue weighted by atomic mass is 9.98. The van der Waals surface area contributed by atoms with Gasteiger partial charge in [-0.1, -0.05) is 44.2 Å². The van der Waals surface area contributed by atoms with Gasteiger partial charge in [-0.2, -0.15) is 9.57 Å². The first kappa shape index (κ1) is 32.1. The zero-order valence-electron chi connectivity index (χ0n) is 23.3. The number of carbonyl (C=O) groups is 2. The Labute approximate surface area is 244 Å². The summed E-state index contributed by atoms with van der Waals surface area (Å²) in [6, 6.07) is 14.6. The number of carbonyl (C=O) groups excluding carboxylic acids is 2. The number of nitriles is 1. The van der Waals surface area contributed by atoms with Crippen LogP contribution in [0.3, 0.4) is 0 Å². The van der Waals surface area contributed by atoms with Crippen molar-refractivity contribution in [3.05, 3.63) is 59.6 Å². The number of likely N-dealkylation sites (N-methyl/N-ethyl adjacent to an activating group) is 1. The monoisotopic (exact) mass is 600 g/mol. The number of aliphatic hydroxyl groups is 1. The van der Waals surface area contributed by atoms with E-state index in [-0.39, 0.29) is 49.7 Å². The standard InChI is InChI=1S/C28H36N6O5S2/c1-20(2)18-34(41(38,39)23-9-10-24-25(14-23)40-19-32-24)28(37,15-21-7-5-4-6-8-21)11-12-31-26(35)13-22(16-29)33-27(36)17-30-3/h4-10,14,19-20,22,30,37H,11-13,15,17-18H2,1-3H3,(H,31,35)(H,33,36). The van der Waals surface area contributed by atoms with E-state index in [2.05, 4.69) is 20.9 Å². The number of nitrogens with one attached hydrogen (secondary N) is 3. The highest BCUT2D eigenvalue weighted by atomic mass is 32.2. The molecule has 0 fully saturated rings. The Morgan fingerprint density at radius 1 is 1.17 bits per heavy atom. The molecule has 13 heteroatoms. The van der Waals surface area contributed by atoms with Crippen molar-refractivity contribution in [3.8, 4) is 6.07 Å². The Morgan fingerprint density at radius 2 is 1.90 bits per heavy atom. The van der Waals surface area contributed by atoms with E-state index in [1.807, 2.05) is 26.0 Å². The van der Waals surface area contributed by atoms with Crippen molar-refractivity contribution >= 4 is 43.4 Å². The molecule has 0 bridgehead atoms. The van der Waals surface area contributed by atoms with Crippen molar-refractivity contribution < 1.29 is 23.1 Å². The van der Waals surface area contributed by atoms with Gasteiger partial charge in [0.05, 0.1) is 39.7 Å². The summed E-state index contributed by atoms with van der Waals surface area (Å²) in [7, 11) is -2.59. The third kappa shape index (κ3) is 8.79. The maximum absolute atomic E-state index is 14.1. The summed E-state index contributed by atoms with van der Waals surface area (Å²) in [6.07, 6.45) is -0.420. The molecule has 0 aliphatic rings. The SMILES string of the molecule is CNCC(=O)NC(C#N)CC(=O)NCCC(O)(Cc1ccccc1)N(CC(C)C)S(=O)(=O)c1ccc2ncsc2c1. The maximum Gasteiger partial charge on any atom is 0.245 e. The molecule has 11 nitrogen and oxygen atoms in total. The zero-order valence-corrected chi connectivity index (χ0v) is 25.0. The highest BCUT2D eigenvalue weighted by molar-refractivity contribution is 7.89. The molecule has 0 saturated heterocycles. The van der Waals surface area contributed by atoms with Gasteiger partial charge in [0.25, 0.3) is 0 Å². The summed E-state index contributed by atoms with van der Waals surface area (Å²) in [6.45, 7) is 3.70. The molecule has 2 amide bonds. The average Bonchev–Trinajstić information content (AvgIpc) is 3.40. The van der Waals surface area contributed by atoms with Crippen molar-refractivity contribution in [1.29, 1.82) is 5.26 Å². The molecule has 4 N–H and O–H groups in total. The third-order valence-electron chi connectivity index (χ3n) is 6.28. The van der Waals surface area contributed by atoms with Gasteiger partial charge in [-0.3, -0.25) is 9.59 Å². The van der Waals surface area contributed by atoms with Gasteiger partial charge in [-0.25, -0.2) is 13.4 Å². The van der Waals surface area contributed by atoms with E-state index in [0.29, 0.717) is 10.2 Å². The summed E-state index contributed by atoms with van der Waals surface area (Å²) in [4.78, 5) is 28.7. The Balaban J connectivity index is 1.87. The Morgan fingerprint density at radius 3 is 2.56 bits per heavy atom. The first-order valence-corrected chi connectivity index (χ1v) is 15.5. The van der Waals surface area contributed by atoms with Crippen LogP contribution in [0.25, 0.3) is 10.2 Å². The second-order valence-electron chi connectivity index (χ2n) is 10.1. The fourth-order valence-corrected chi connectivity index (χ4v) is 7.01. The molecule has 0 aliphatic carbocycles.